The lowest BCUT2D eigenvalue weighted by atomic mass is 10.2. The number of ketones is 1. The average molecular weight is 271 g/mol. The predicted octanol–water partition coefficient (Wildman–Crippen LogP) is 2.73. The van der Waals surface area contributed by atoms with Crippen LogP contribution >= 0.6 is 39.9 Å². The van der Waals surface area contributed by atoms with Crippen molar-refractivity contribution in [3.05, 3.63) is 29.0 Å². The van der Waals surface area contributed by atoms with E-state index in [4.69, 9.17) is 11.6 Å². The summed E-state index contributed by atoms with van der Waals surface area (Å²) in [7, 11) is 0. The van der Waals surface area contributed by atoms with E-state index < -0.39 is 0 Å². The molecule has 66 valence electrons. The number of halogens is 3. The number of hydrogen-bond donors (Lipinski definition) is 0. The van der Waals surface area contributed by atoms with Crippen LogP contribution in [0.3, 0.4) is 0 Å². The van der Waals surface area contributed by atoms with Crippen molar-refractivity contribution in [2.45, 2.75) is 0 Å². The molecule has 0 aromatic carbocycles. The van der Waals surface area contributed by atoms with E-state index in [0.717, 1.165) is 0 Å². The number of hydrogen-bond acceptors (Lipinski definition) is 2. The Hall–Kier alpha value is -0.120. The Labute approximate surface area is 89.9 Å². The van der Waals surface area contributed by atoms with Crippen LogP contribution in [0.5, 0.6) is 0 Å². The molecule has 0 aliphatic carbocycles. The molecule has 0 aliphatic rings. The van der Waals surface area contributed by atoms with Gasteiger partial charge in [-0.2, -0.15) is 0 Å². The molecule has 5 heteroatoms. The first-order chi connectivity index (χ1) is 5.24. The molecule has 0 saturated heterocycles. The molecule has 1 rings (SSSR count). The number of aromatic nitrogens is 1. The molecule has 0 N–H and O–H groups in total. The van der Waals surface area contributed by atoms with Crippen LogP contribution in [0, 0.1) is 0 Å². The highest BCUT2D eigenvalue weighted by molar-refractivity contribution is 9.09. The Morgan fingerprint density at radius 2 is 2.25 bits per heavy atom. The van der Waals surface area contributed by atoms with Gasteiger partial charge in [-0.3, -0.25) is 4.79 Å². The quantitative estimate of drug-likeness (QED) is 0.470. The predicted molar refractivity (Wildman–Crippen MR) is 54.6 cm³/mol. The van der Waals surface area contributed by atoms with Crippen molar-refractivity contribution < 1.29 is 4.79 Å². The lowest BCUT2D eigenvalue weighted by molar-refractivity contribution is 0.102. The molecule has 1 heterocycles. The zero-order valence-electron chi connectivity index (χ0n) is 5.96. The van der Waals surface area contributed by atoms with Crippen molar-refractivity contribution in [2.24, 2.45) is 0 Å². The molecule has 0 radical (unpaired) electrons. The van der Waals surface area contributed by atoms with E-state index in [1.807, 2.05) is 0 Å². The molecule has 1 aromatic rings. The van der Waals surface area contributed by atoms with Gasteiger partial charge in [-0.1, -0.05) is 27.5 Å². The number of pyridine rings is 1. The standard InChI is InChI=1S/C7H5BrClNO.ClH/c8-3-6(11)5-1-2-7(9)10-4-5;/h1-2,4H,3H2;1H. The highest BCUT2D eigenvalue weighted by Gasteiger charge is 2.02. The lowest BCUT2D eigenvalue weighted by Gasteiger charge is -1.94. The third kappa shape index (κ3) is 3.09. The van der Waals surface area contributed by atoms with Crippen LogP contribution in [0.25, 0.3) is 0 Å². The normalized spacial score (nSPS) is 8.83. The SMILES string of the molecule is Cl.O=C(CBr)c1ccc(Cl)nc1. The molecule has 2 nitrogen and oxygen atoms in total. The monoisotopic (exact) mass is 269 g/mol. The molecule has 0 fully saturated rings. The summed E-state index contributed by atoms with van der Waals surface area (Å²) in [6.07, 6.45) is 1.46. The third-order valence-electron chi connectivity index (χ3n) is 1.17. The van der Waals surface area contributed by atoms with Crippen molar-refractivity contribution in [3.63, 3.8) is 0 Å². The Kier molecular flexibility index (Phi) is 5.46. The molecule has 1 aromatic heterocycles. The molecule has 0 aliphatic heterocycles. The third-order valence-corrected chi connectivity index (χ3v) is 1.90. The first kappa shape index (κ1) is 11.9. The van der Waals surface area contributed by atoms with Crippen LogP contribution in [-0.2, 0) is 0 Å². The second-order valence-electron chi connectivity index (χ2n) is 1.93. The van der Waals surface area contributed by atoms with Crippen molar-refractivity contribution in [2.75, 3.05) is 5.33 Å². The number of carbonyl (C=O) groups is 1. The van der Waals surface area contributed by atoms with Gasteiger partial charge in [-0.05, 0) is 12.1 Å². The molecule has 0 bridgehead atoms. The fourth-order valence-electron chi connectivity index (χ4n) is 0.618. The van der Waals surface area contributed by atoms with Crippen LogP contribution in [0.15, 0.2) is 18.3 Å². The highest BCUT2D eigenvalue weighted by atomic mass is 79.9. The Balaban J connectivity index is 0.00000121. The van der Waals surface area contributed by atoms with Crippen molar-refractivity contribution in [3.8, 4) is 0 Å². The largest absolute Gasteiger partial charge is 0.293 e. The van der Waals surface area contributed by atoms with Crippen LogP contribution in [0.4, 0.5) is 0 Å². The summed E-state index contributed by atoms with van der Waals surface area (Å²) in [5.41, 5.74) is 0.575. The van der Waals surface area contributed by atoms with Gasteiger partial charge in [0.1, 0.15) is 5.15 Å². The second-order valence-corrected chi connectivity index (χ2v) is 2.87. The maximum atomic E-state index is 11.0. The van der Waals surface area contributed by atoms with Gasteiger partial charge in [0.15, 0.2) is 5.78 Å². The van der Waals surface area contributed by atoms with Gasteiger partial charge in [-0.25, -0.2) is 4.98 Å². The number of nitrogens with zero attached hydrogens (tertiary/aromatic N) is 1. The van der Waals surface area contributed by atoms with E-state index in [1.54, 1.807) is 12.1 Å². The zero-order chi connectivity index (χ0) is 8.27. The summed E-state index contributed by atoms with van der Waals surface area (Å²) < 4.78 is 0. The van der Waals surface area contributed by atoms with Gasteiger partial charge in [0.25, 0.3) is 0 Å². The van der Waals surface area contributed by atoms with Gasteiger partial charge < -0.3 is 0 Å². The van der Waals surface area contributed by atoms with Gasteiger partial charge in [0, 0.05) is 11.8 Å². The summed E-state index contributed by atoms with van der Waals surface area (Å²) in [6, 6.07) is 3.25. The fraction of sp³-hybridized carbons (Fsp3) is 0.143. The summed E-state index contributed by atoms with van der Waals surface area (Å²) >= 11 is 8.59. The highest BCUT2D eigenvalue weighted by Crippen LogP contribution is 2.06. The molecule has 0 atom stereocenters. The first-order valence-electron chi connectivity index (χ1n) is 2.95. The minimum atomic E-state index is 0. The van der Waals surface area contributed by atoms with Crippen LogP contribution in [0.2, 0.25) is 5.15 Å². The molecule has 12 heavy (non-hydrogen) atoms. The molecular weight excluding hydrogens is 265 g/mol. The maximum Gasteiger partial charge on any atom is 0.174 e. The van der Waals surface area contributed by atoms with Gasteiger partial charge in [0.2, 0.25) is 0 Å². The number of Topliss-reactive ketones (excluding diaryl/α,β-unsaturated/α-hetero) is 1. The molecule has 0 spiro atoms. The minimum absolute atomic E-state index is 0. The average Bonchev–Trinajstić information content (AvgIpc) is 2.05. The van der Waals surface area contributed by atoms with Crippen molar-refractivity contribution in [1.82, 2.24) is 4.98 Å². The number of rotatable bonds is 2. The smallest absolute Gasteiger partial charge is 0.174 e. The maximum absolute atomic E-state index is 11.0. The molecule has 0 amide bonds. The summed E-state index contributed by atoms with van der Waals surface area (Å²) in [6.45, 7) is 0. The zero-order valence-corrected chi connectivity index (χ0v) is 9.12. The van der Waals surface area contributed by atoms with Crippen LogP contribution in [-0.4, -0.2) is 16.1 Å². The van der Waals surface area contributed by atoms with Crippen molar-refractivity contribution >= 4 is 45.7 Å². The van der Waals surface area contributed by atoms with Crippen molar-refractivity contribution in [1.29, 1.82) is 0 Å². The van der Waals surface area contributed by atoms with E-state index in [2.05, 4.69) is 20.9 Å². The minimum Gasteiger partial charge on any atom is -0.293 e. The summed E-state index contributed by atoms with van der Waals surface area (Å²) in [4.78, 5) is 14.8. The molecule has 0 saturated carbocycles. The topological polar surface area (TPSA) is 30.0 Å². The summed E-state index contributed by atoms with van der Waals surface area (Å²) in [5.74, 6) is 0.00849. The van der Waals surface area contributed by atoms with E-state index in [0.29, 0.717) is 16.0 Å². The van der Waals surface area contributed by atoms with Crippen LogP contribution < -0.4 is 0 Å². The van der Waals surface area contributed by atoms with Gasteiger partial charge in [0.05, 0.1) is 5.33 Å². The lowest BCUT2D eigenvalue weighted by Crippen LogP contribution is -1.99. The number of alkyl halides is 1. The van der Waals surface area contributed by atoms with Gasteiger partial charge >= 0.3 is 0 Å². The molecule has 0 unspecified atom stereocenters. The van der Waals surface area contributed by atoms with Crippen LogP contribution in [0.1, 0.15) is 10.4 Å². The molecular formula is C7H6BrCl2NO. The van der Waals surface area contributed by atoms with E-state index in [9.17, 15) is 4.79 Å². The Morgan fingerprint density at radius 1 is 1.58 bits per heavy atom. The second kappa shape index (κ2) is 5.51. The fourth-order valence-corrected chi connectivity index (χ4v) is 1.05. The first-order valence-corrected chi connectivity index (χ1v) is 4.44. The summed E-state index contributed by atoms with van der Waals surface area (Å²) in [5, 5.41) is 0.715. The van der Waals surface area contributed by atoms with E-state index >= 15 is 0 Å². The Bertz CT molecular complexity index is 263. The van der Waals surface area contributed by atoms with E-state index in [1.165, 1.54) is 6.20 Å². The van der Waals surface area contributed by atoms with Gasteiger partial charge in [-0.15, -0.1) is 12.4 Å². The Morgan fingerprint density at radius 3 is 2.67 bits per heavy atom. The number of carbonyl (C=O) groups excluding carboxylic acids is 1. The van der Waals surface area contributed by atoms with E-state index in [-0.39, 0.29) is 18.2 Å².